The fourth-order valence-corrected chi connectivity index (χ4v) is 13.5. The number of fused-ring (bicyclic) bond motifs is 2. The van der Waals surface area contributed by atoms with Gasteiger partial charge in [0.25, 0.3) is 10.0 Å². The summed E-state index contributed by atoms with van der Waals surface area (Å²) in [5, 5.41) is 21.7. The van der Waals surface area contributed by atoms with E-state index in [-0.39, 0.29) is 34.9 Å². The quantitative estimate of drug-likeness (QED) is 0.120. The van der Waals surface area contributed by atoms with Gasteiger partial charge in [-0.1, -0.05) is 54.6 Å². The van der Waals surface area contributed by atoms with Crippen LogP contribution in [0.1, 0.15) is 65.5 Å². The maximum atomic E-state index is 14.3. The average molecular weight is 1270 g/mol. The smallest absolute Gasteiger partial charge is 0.410 e. The number of carbonyl (C=O) groups excluding carboxylic acids is 2. The summed E-state index contributed by atoms with van der Waals surface area (Å²) in [4.78, 5) is 45.6. The molecule has 93 heavy (non-hydrogen) atoms. The summed E-state index contributed by atoms with van der Waals surface area (Å²) in [7, 11) is -4.07. The Morgan fingerprint density at radius 2 is 1.03 bits per heavy atom. The van der Waals surface area contributed by atoms with Crippen LogP contribution in [0, 0.1) is 22.7 Å². The minimum absolute atomic E-state index is 0.145. The van der Waals surface area contributed by atoms with E-state index >= 15 is 0 Å². The number of nitrogens with one attached hydrogen (secondary N) is 1. The van der Waals surface area contributed by atoms with Gasteiger partial charge in [0.15, 0.2) is 5.65 Å². The lowest BCUT2D eigenvalue weighted by molar-refractivity contribution is 0.0266. The lowest BCUT2D eigenvalue weighted by Gasteiger charge is -2.28. The third kappa shape index (κ3) is 14.3. The molecule has 1 N–H and O–H groups in total. The third-order valence-electron chi connectivity index (χ3n) is 16.6. The molecule has 13 rings (SSSR count). The van der Waals surface area contributed by atoms with Crippen molar-refractivity contribution in [3.63, 3.8) is 0 Å². The molecule has 21 heteroatoms. The van der Waals surface area contributed by atoms with Gasteiger partial charge in [-0.05, 0) is 160 Å². The predicted molar refractivity (Wildman–Crippen MR) is 356 cm³/mol. The van der Waals surface area contributed by atoms with Crippen LogP contribution < -0.4 is 19.3 Å². The number of hydrogen-bond donors (Lipinski definition) is 1. The highest BCUT2D eigenvalue weighted by Gasteiger charge is 2.34. The van der Waals surface area contributed by atoms with Crippen molar-refractivity contribution >= 4 is 55.7 Å². The standard InChI is InChI=1S/C39H39N5O6S.C33H35N5O4/c1-39(2,3)50-38(45)43-18-16-31(26-43)49-36-14-11-28(23-29(36)25-40)33-15-17-41-37-34(33)24-35(44(37)51(46,47)32-7-5-4-6-8-32)27-9-12-30(13-10-27)42-19-21-48-22-20-42;1-33(2,3)42-32(39)38-13-11-26(21-38)41-30-9-6-23(18-24(30)20-34)27-10-12-35-31-28(27)19-29(36-31)22-4-7-25(8-5-22)37-14-16-40-17-15-37/h4-15,17,23-24,31H,16,18-22,26H2,1-3H3;4-10,12,18-19,26H,11,13-17,21H2,1-3H3,(H,35,36)/t31-;26-/m00/s1. The minimum Gasteiger partial charge on any atom is -0.487 e. The summed E-state index contributed by atoms with van der Waals surface area (Å²) >= 11 is 0. The maximum absolute atomic E-state index is 14.3. The molecule has 8 heterocycles. The maximum Gasteiger partial charge on any atom is 0.410 e. The van der Waals surface area contributed by atoms with Gasteiger partial charge in [-0.2, -0.15) is 10.5 Å². The van der Waals surface area contributed by atoms with Gasteiger partial charge in [-0.25, -0.2) is 31.9 Å². The Balaban J connectivity index is 0.000000182. The van der Waals surface area contributed by atoms with E-state index in [1.165, 1.54) is 9.66 Å². The number of hydrogen-bond acceptors (Lipinski definition) is 16. The van der Waals surface area contributed by atoms with Crippen LogP contribution in [-0.2, 0) is 29.0 Å². The molecule has 0 radical (unpaired) electrons. The zero-order valence-electron chi connectivity index (χ0n) is 53.0. The Morgan fingerprint density at radius 3 is 1.53 bits per heavy atom. The van der Waals surface area contributed by atoms with Crippen LogP contribution in [0.4, 0.5) is 21.0 Å². The monoisotopic (exact) mass is 1270 g/mol. The number of pyridine rings is 2. The molecule has 478 valence electrons. The number of morpholine rings is 2. The molecule has 9 aromatic rings. The summed E-state index contributed by atoms with van der Waals surface area (Å²) < 4.78 is 64.4. The number of amides is 2. The summed E-state index contributed by atoms with van der Waals surface area (Å²) in [6, 6.07) is 48.0. The van der Waals surface area contributed by atoms with E-state index in [1.807, 2.05) is 108 Å². The van der Waals surface area contributed by atoms with Gasteiger partial charge in [0.2, 0.25) is 0 Å². The molecule has 4 aromatic heterocycles. The Kier molecular flexibility index (Phi) is 18.2. The zero-order valence-corrected chi connectivity index (χ0v) is 53.8. The fraction of sp³-hybridized carbons (Fsp3) is 0.333. The SMILES string of the molecule is CC(C)(C)OC(=O)N1CC[C@H](Oc2ccc(-c3ccnc4[nH]c(-c5ccc(N6CCOCC6)cc5)cc34)cc2C#N)C1.CC(C)(C)OC(=O)N1CC[C@H](Oc2ccc(-c3ccnc4c3cc(-c3ccc(N5CCOCC5)cc3)n4S(=O)(=O)c3ccccc3)cc2C#N)C1. The molecule has 2 amide bonds. The van der Waals surface area contributed by atoms with Gasteiger partial charge >= 0.3 is 12.2 Å². The van der Waals surface area contributed by atoms with Gasteiger partial charge in [-0.15, -0.1) is 0 Å². The zero-order chi connectivity index (χ0) is 65.0. The Morgan fingerprint density at radius 1 is 0.559 bits per heavy atom. The van der Waals surface area contributed by atoms with Crippen LogP contribution >= 0.6 is 0 Å². The molecule has 20 nitrogen and oxygen atoms in total. The van der Waals surface area contributed by atoms with Crippen LogP contribution in [0.2, 0.25) is 0 Å². The minimum atomic E-state index is -4.07. The van der Waals surface area contributed by atoms with E-state index in [0.717, 1.165) is 78.5 Å². The molecule has 2 atom stereocenters. The summed E-state index contributed by atoms with van der Waals surface area (Å²) in [6.45, 7) is 19.1. The highest BCUT2D eigenvalue weighted by atomic mass is 32.2. The number of ether oxygens (including phenoxy) is 6. The number of nitriles is 2. The number of aromatic amines is 1. The second-order valence-electron chi connectivity index (χ2n) is 25.4. The van der Waals surface area contributed by atoms with E-state index < -0.39 is 21.2 Å². The molecule has 0 saturated carbocycles. The summed E-state index contributed by atoms with van der Waals surface area (Å²) in [5.41, 5.74) is 9.46. The topological polar surface area (TPSA) is 231 Å². The second-order valence-corrected chi connectivity index (χ2v) is 27.1. The number of aromatic nitrogens is 4. The van der Waals surface area contributed by atoms with E-state index in [1.54, 1.807) is 64.7 Å². The largest absolute Gasteiger partial charge is 0.487 e. The molecule has 4 fully saturated rings. The van der Waals surface area contributed by atoms with Crippen molar-refractivity contribution < 1.29 is 46.4 Å². The van der Waals surface area contributed by atoms with E-state index in [4.69, 9.17) is 28.4 Å². The van der Waals surface area contributed by atoms with E-state index in [0.29, 0.717) is 103 Å². The fourth-order valence-electron chi connectivity index (χ4n) is 12.0. The van der Waals surface area contributed by atoms with Crippen molar-refractivity contribution in [2.75, 3.05) is 88.6 Å². The van der Waals surface area contributed by atoms with Gasteiger partial charge in [0.1, 0.15) is 52.7 Å². The molecular formula is C72H74N10O10S. The average Bonchev–Trinajstić information content (AvgIpc) is 1.62. The molecule has 4 aliphatic heterocycles. The summed E-state index contributed by atoms with van der Waals surface area (Å²) in [6.07, 6.45) is 3.42. The highest BCUT2D eigenvalue weighted by molar-refractivity contribution is 7.90. The molecule has 4 saturated heterocycles. The van der Waals surface area contributed by atoms with Crippen molar-refractivity contribution in [3.05, 3.63) is 163 Å². The molecule has 5 aromatic carbocycles. The highest BCUT2D eigenvalue weighted by Crippen LogP contribution is 2.40. The van der Waals surface area contributed by atoms with Gasteiger partial charge in [-0.3, -0.25) is 0 Å². The van der Waals surface area contributed by atoms with Crippen LogP contribution in [0.3, 0.4) is 0 Å². The number of rotatable bonds is 12. The number of anilines is 2. The molecule has 4 aliphatic rings. The van der Waals surface area contributed by atoms with Crippen LogP contribution in [-0.4, -0.2) is 152 Å². The Hall–Kier alpha value is -9.93. The molecule has 0 aliphatic carbocycles. The van der Waals surface area contributed by atoms with Crippen molar-refractivity contribution in [1.29, 1.82) is 10.5 Å². The first-order valence-corrected chi connectivity index (χ1v) is 32.8. The van der Waals surface area contributed by atoms with Crippen LogP contribution in [0.5, 0.6) is 11.5 Å². The van der Waals surface area contributed by atoms with Gasteiger partial charge in [0, 0.05) is 92.3 Å². The van der Waals surface area contributed by atoms with Crippen LogP contribution in [0.25, 0.3) is 66.8 Å². The normalized spacial score (nSPS) is 16.9. The Bertz CT molecular complexity index is 4400. The molecule has 0 bridgehead atoms. The van der Waals surface area contributed by atoms with E-state index in [2.05, 4.69) is 67.2 Å². The molecule has 0 unspecified atom stereocenters. The number of nitrogens with zero attached hydrogens (tertiary/aromatic N) is 9. The summed E-state index contributed by atoms with van der Waals surface area (Å²) in [5.74, 6) is 0.922. The van der Waals surface area contributed by atoms with Crippen molar-refractivity contribution in [1.82, 2.24) is 28.7 Å². The van der Waals surface area contributed by atoms with Crippen LogP contribution in [0.15, 0.2) is 157 Å². The van der Waals surface area contributed by atoms with E-state index in [9.17, 15) is 28.5 Å². The van der Waals surface area contributed by atoms with Crippen molar-refractivity contribution in [2.24, 2.45) is 0 Å². The van der Waals surface area contributed by atoms with Crippen molar-refractivity contribution in [2.45, 2.75) is 82.7 Å². The Labute approximate surface area is 541 Å². The molecule has 0 spiro atoms. The predicted octanol–water partition coefficient (Wildman–Crippen LogP) is 12.7. The third-order valence-corrected chi connectivity index (χ3v) is 18.3. The first-order valence-electron chi connectivity index (χ1n) is 31.3. The first-order chi connectivity index (χ1) is 44.8. The number of likely N-dealkylation sites (tertiary alicyclic amines) is 2. The first kappa shape index (κ1) is 63.2. The van der Waals surface area contributed by atoms with Gasteiger partial charge < -0.3 is 53.0 Å². The number of carbonyl (C=O) groups is 2. The second kappa shape index (κ2) is 26.7. The van der Waals surface area contributed by atoms with Gasteiger partial charge in [0.05, 0.1) is 61.2 Å². The number of benzene rings is 5. The lowest BCUT2D eigenvalue weighted by atomic mass is 10.0. The van der Waals surface area contributed by atoms with Crippen molar-refractivity contribution in [3.8, 4) is 68.4 Å². The number of H-pyrrole nitrogens is 1. The lowest BCUT2D eigenvalue weighted by Crippen LogP contribution is -2.36. The molecular weight excluding hydrogens is 1200 g/mol.